The minimum absolute atomic E-state index is 0.200. The third kappa shape index (κ3) is 5.76. The summed E-state index contributed by atoms with van der Waals surface area (Å²) in [6.45, 7) is 6.86. The number of hydrogen-bond donors (Lipinski definition) is 0. The van der Waals surface area contributed by atoms with E-state index in [4.69, 9.17) is 4.98 Å². The first-order valence-electron chi connectivity index (χ1n) is 13.7. The maximum Gasteiger partial charge on any atom is 0.246 e. The minimum Gasteiger partial charge on any atom is -0.369 e. The van der Waals surface area contributed by atoms with E-state index < -0.39 is 0 Å². The molecule has 39 heavy (non-hydrogen) atoms. The third-order valence-corrected chi connectivity index (χ3v) is 7.54. The summed E-state index contributed by atoms with van der Waals surface area (Å²) in [6, 6.07) is 30.7. The zero-order valence-corrected chi connectivity index (χ0v) is 22.1. The van der Waals surface area contributed by atoms with Crippen LogP contribution >= 0.6 is 0 Å². The Labute approximate surface area is 229 Å². The lowest BCUT2D eigenvalue weighted by Gasteiger charge is -2.38. The van der Waals surface area contributed by atoms with Gasteiger partial charge in [0.05, 0.1) is 6.54 Å². The monoisotopic (exact) mass is 519 g/mol. The van der Waals surface area contributed by atoms with Crippen LogP contribution in [0.1, 0.15) is 0 Å². The smallest absolute Gasteiger partial charge is 0.246 e. The van der Waals surface area contributed by atoms with Crippen molar-refractivity contribution >= 4 is 17.5 Å². The number of anilines is 2. The van der Waals surface area contributed by atoms with Crippen molar-refractivity contribution in [3.05, 3.63) is 91.0 Å². The molecule has 2 aliphatic heterocycles. The number of hydrogen-bond acceptors (Lipinski definition) is 7. The molecular weight excluding hydrogens is 486 g/mol. The van der Waals surface area contributed by atoms with Gasteiger partial charge in [-0.3, -0.25) is 9.69 Å². The number of aromatic nitrogens is 3. The van der Waals surface area contributed by atoms with E-state index in [1.165, 1.54) is 5.69 Å². The van der Waals surface area contributed by atoms with Crippen molar-refractivity contribution in [2.75, 3.05) is 68.7 Å². The van der Waals surface area contributed by atoms with Crippen LogP contribution in [-0.4, -0.2) is 89.8 Å². The van der Waals surface area contributed by atoms with E-state index in [2.05, 4.69) is 61.3 Å². The van der Waals surface area contributed by atoms with Crippen LogP contribution in [0.15, 0.2) is 91.0 Å². The van der Waals surface area contributed by atoms with Crippen LogP contribution in [0, 0.1) is 0 Å². The Morgan fingerprint density at radius 2 is 1.13 bits per heavy atom. The summed E-state index contributed by atoms with van der Waals surface area (Å²) < 4.78 is 0. The first-order valence-corrected chi connectivity index (χ1v) is 13.7. The summed E-state index contributed by atoms with van der Waals surface area (Å²) in [5.41, 5.74) is 4.84. The number of piperazine rings is 2. The number of rotatable bonds is 6. The molecule has 1 amide bonds. The molecule has 0 radical (unpaired) electrons. The van der Waals surface area contributed by atoms with Gasteiger partial charge in [-0.2, -0.15) is 0 Å². The second-order valence-corrected chi connectivity index (χ2v) is 10.0. The molecule has 2 saturated heterocycles. The Kier molecular flexibility index (Phi) is 7.45. The van der Waals surface area contributed by atoms with Crippen molar-refractivity contribution in [3.8, 4) is 22.5 Å². The van der Waals surface area contributed by atoms with Gasteiger partial charge in [0.1, 0.15) is 11.4 Å². The van der Waals surface area contributed by atoms with Crippen LogP contribution < -0.4 is 9.80 Å². The molecule has 2 fully saturated rings. The van der Waals surface area contributed by atoms with E-state index in [9.17, 15) is 4.79 Å². The molecule has 8 nitrogen and oxygen atoms in total. The molecule has 6 rings (SSSR count). The number of carbonyl (C=O) groups excluding carboxylic acids is 1. The molecular formula is C31H33N7O. The highest BCUT2D eigenvalue weighted by molar-refractivity contribution is 5.79. The molecule has 3 heterocycles. The second-order valence-electron chi connectivity index (χ2n) is 10.0. The molecule has 0 aliphatic carbocycles. The molecule has 0 saturated carbocycles. The predicted octanol–water partition coefficient (Wildman–Crippen LogP) is 3.68. The molecule has 198 valence electrons. The number of amides is 1. The zero-order valence-electron chi connectivity index (χ0n) is 22.1. The van der Waals surface area contributed by atoms with Crippen LogP contribution in [0.2, 0.25) is 0 Å². The Hall–Kier alpha value is -4.30. The fourth-order valence-electron chi connectivity index (χ4n) is 5.29. The minimum atomic E-state index is 0.200. The van der Waals surface area contributed by atoms with E-state index in [0.29, 0.717) is 38.7 Å². The largest absolute Gasteiger partial charge is 0.369 e. The highest BCUT2D eigenvalue weighted by atomic mass is 16.2. The van der Waals surface area contributed by atoms with Gasteiger partial charge in [0.2, 0.25) is 11.9 Å². The van der Waals surface area contributed by atoms with Crippen LogP contribution in [0.5, 0.6) is 0 Å². The van der Waals surface area contributed by atoms with Crippen molar-refractivity contribution in [3.63, 3.8) is 0 Å². The van der Waals surface area contributed by atoms with E-state index in [1.54, 1.807) is 0 Å². The van der Waals surface area contributed by atoms with Crippen LogP contribution in [-0.2, 0) is 4.79 Å². The fraction of sp³-hybridized carbons (Fsp3) is 0.290. The summed E-state index contributed by atoms with van der Waals surface area (Å²) in [6.07, 6.45) is 0. The van der Waals surface area contributed by atoms with Crippen molar-refractivity contribution < 1.29 is 4.79 Å². The summed E-state index contributed by atoms with van der Waals surface area (Å²) in [5, 5.41) is 9.12. The highest BCUT2D eigenvalue weighted by Gasteiger charge is 2.26. The summed E-state index contributed by atoms with van der Waals surface area (Å²) >= 11 is 0. The standard InChI is InChI=1S/C31H33N7O/c39-28(24-35-16-18-36(19-17-35)27-14-8-3-9-15-27)37-20-22-38(23-21-37)31-32-29(25-10-4-1-5-11-25)30(33-34-31)26-12-6-2-7-13-26/h1-15H,16-24H2. The van der Waals surface area contributed by atoms with Gasteiger partial charge in [-0.05, 0) is 12.1 Å². The van der Waals surface area contributed by atoms with E-state index >= 15 is 0 Å². The lowest BCUT2D eigenvalue weighted by atomic mass is 10.0. The van der Waals surface area contributed by atoms with Gasteiger partial charge in [-0.1, -0.05) is 78.9 Å². The topological polar surface area (TPSA) is 68.7 Å². The average molecular weight is 520 g/mol. The van der Waals surface area contributed by atoms with Gasteiger partial charge in [0.15, 0.2) is 0 Å². The number of benzene rings is 3. The lowest BCUT2D eigenvalue weighted by Crippen LogP contribution is -2.54. The van der Waals surface area contributed by atoms with Crippen molar-refractivity contribution in [2.24, 2.45) is 0 Å². The molecule has 3 aromatic carbocycles. The number of carbonyl (C=O) groups is 1. The van der Waals surface area contributed by atoms with Gasteiger partial charge in [0.25, 0.3) is 0 Å². The molecule has 4 aromatic rings. The summed E-state index contributed by atoms with van der Waals surface area (Å²) in [7, 11) is 0. The maximum absolute atomic E-state index is 13.1. The van der Waals surface area contributed by atoms with Crippen LogP contribution in [0.4, 0.5) is 11.6 Å². The Morgan fingerprint density at radius 3 is 1.74 bits per heavy atom. The van der Waals surface area contributed by atoms with Crippen molar-refractivity contribution in [2.45, 2.75) is 0 Å². The molecule has 0 unspecified atom stereocenters. The first kappa shape index (κ1) is 25.0. The van der Waals surface area contributed by atoms with E-state index in [-0.39, 0.29) is 5.91 Å². The van der Waals surface area contributed by atoms with E-state index in [0.717, 1.165) is 48.7 Å². The quantitative estimate of drug-likeness (QED) is 0.385. The van der Waals surface area contributed by atoms with Gasteiger partial charge < -0.3 is 14.7 Å². The highest BCUT2D eigenvalue weighted by Crippen LogP contribution is 2.29. The third-order valence-electron chi connectivity index (χ3n) is 7.54. The number of nitrogens with zero attached hydrogens (tertiary/aromatic N) is 7. The Bertz CT molecular complexity index is 1370. The van der Waals surface area contributed by atoms with Gasteiger partial charge in [-0.25, -0.2) is 4.98 Å². The van der Waals surface area contributed by atoms with Gasteiger partial charge in [-0.15, -0.1) is 10.2 Å². The van der Waals surface area contributed by atoms with Crippen molar-refractivity contribution in [1.29, 1.82) is 0 Å². The maximum atomic E-state index is 13.1. The Morgan fingerprint density at radius 1 is 0.590 bits per heavy atom. The molecule has 0 spiro atoms. The molecule has 0 N–H and O–H groups in total. The lowest BCUT2D eigenvalue weighted by molar-refractivity contribution is -0.132. The zero-order chi connectivity index (χ0) is 26.4. The molecule has 8 heteroatoms. The fourth-order valence-corrected chi connectivity index (χ4v) is 5.29. The van der Waals surface area contributed by atoms with Crippen LogP contribution in [0.3, 0.4) is 0 Å². The summed E-state index contributed by atoms with van der Waals surface area (Å²) in [4.78, 5) is 26.9. The molecule has 1 aromatic heterocycles. The van der Waals surface area contributed by atoms with Crippen molar-refractivity contribution in [1.82, 2.24) is 25.0 Å². The van der Waals surface area contributed by atoms with Gasteiger partial charge in [0, 0.05) is 69.2 Å². The average Bonchev–Trinajstić information content (AvgIpc) is 3.02. The van der Waals surface area contributed by atoms with E-state index in [1.807, 2.05) is 59.5 Å². The second kappa shape index (κ2) is 11.6. The van der Waals surface area contributed by atoms with Crippen LogP contribution in [0.25, 0.3) is 22.5 Å². The molecule has 2 aliphatic rings. The summed E-state index contributed by atoms with van der Waals surface area (Å²) in [5.74, 6) is 0.809. The van der Waals surface area contributed by atoms with Gasteiger partial charge >= 0.3 is 0 Å². The normalized spacial score (nSPS) is 16.4. The number of para-hydroxylation sites is 1. The first-order chi connectivity index (χ1) is 19.2. The molecule has 0 bridgehead atoms. The Balaban J connectivity index is 1.08. The predicted molar refractivity (Wildman–Crippen MR) is 155 cm³/mol. The molecule has 0 atom stereocenters. The SMILES string of the molecule is O=C(CN1CCN(c2ccccc2)CC1)N1CCN(c2nnc(-c3ccccc3)c(-c3ccccc3)n2)CC1.